The van der Waals surface area contributed by atoms with E-state index >= 15 is 0 Å². The number of rotatable bonds is 4. The fourth-order valence-electron chi connectivity index (χ4n) is 6.09. The molecule has 0 aliphatic carbocycles. The second kappa shape index (κ2) is 9.03. The fraction of sp³-hybridized carbons (Fsp3) is 0. The first-order valence-electron chi connectivity index (χ1n) is 13.5. The number of aromatic nitrogens is 2. The molecular formula is C36H24N2O2Se. The third-order valence-electron chi connectivity index (χ3n) is 7.97. The summed E-state index contributed by atoms with van der Waals surface area (Å²) < 4.78 is 32.5. The summed E-state index contributed by atoms with van der Waals surface area (Å²) in [5.74, 6) is 0. The molecule has 0 amide bonds. The van der Waals surface area contributed by atoms with Crippen molar-refractivity contribution < 1.29 is 7.67 Å². The Bertz CT molecular complexity index is 2090. The average Bonchev–Trinajstić information content (AvgIpc) is 3.54. The van der Waals surface area contributed by atoms with Crippen LogP contribution in [0.5, 0.6) is 0 Å². The van der Waals surface area contributed by atoms with Gasteiger partial charge in [0.2, 0.25) is 0 Å². The standard InChI is InChI=1S/C36H24N2O2Se/c39-41(40,27-21-17-25(18-22-27)37-33-13-5-1-9-29(33)30-10-2-6-14-34(30)37)28-23-19-26(20-24-28)38-35-15-7-3-11-31(35)32-12-4-8-16-36(32)38/h1-24H. The zero-order valence-electron chi connectivity index (χ0n) is 22.0. The van der Waals surface area contributed by atoms with E-state index in [0.29, 0.717) is 8.92 Å². The summed E-state index contributed by atoms with van der Waals surface area (Å²) in [4.78, 5) is 0. The Kier molecular flexibility index (Phi) is 5.26. The van der Waals surface area contributed by atoms with Crippen molar-refractivity contribution in [3.8, 4) is 11.4 Å². The van der Waals surface area contributed by atoms with Crippen LogP contribution in [-0.4, -0.2) is 21.8 Å². The predicted octanol–water partition coefficient (Wildman–Crippen LogP) is 7.30. The van der Waals surface area contributed by atoms with Crippen molar-refractivity contribution in [3.63, 3.8) is 0 Å². The van der Waals surface area contributed by atoms with Crippen LogP contribution in [0.3, 0.4) is 0 Å². The molecule has 196 valence electrons. The molecule has 2 heterocycles. The molecule has 2 aromatic heterocycles. The van der Waals surface area contributed by atoms with Crippen LogP contribution in [0.1, 0.15) is 0 Å². The van der Waals surface area contributed by atoms with E-state index in [0.717, 1.165) is 33.4 Å². The van der Waals surface area contributed by atoms with Gasteiger partial charge < -0.3 is 0 Å². The molecule has 8 rings (SSSR count). The fourth-order valence-corrected chi connectivity index (χ4v) is 8.73. The Balaban J connectivity index is 1.18. The minimum absolute atomic E-state index is 0.343. The molecule has 0 atom stereocenters. The summed E-state index contributed by atoms with van der Waals surface area (Å²) in [7, 11) is 0. The molecule has 0 saturated carbocycles. The van der Waals surface area contributed by atoms with Crippen LogP contribution in [0.4, 0.5) is 0 Å². The quantitative estimate of drug-likeness (QED) is 0.201. The van der Waals surface area contributed by atoms with Crippen molar-refractivity contribution in [2.24, 2.45) is 0 Å². The van der Waals surface area contributed by atoms with Gasteiger partial charge in [0.15, 0.2) is 0 Å². The monoisotopic (exact) mass is 596 g/mol. The van der Waals surface area contributed by atoms with Gasteiger partial charge in [-0.3, -0.25) is 0 Å². The molecule has 0 spiro atoms. The van der Waals surface area contributed by atoms with Crippen molar-refractivity contribution in [1.29, 1.82) is 0 Å². The number of hydrogen-bond donors (Lipinski definition) is 0. The third-order valence-corrected chi connectivity index (χ3v) is 11.7. The maximum atomic E-state index is 13.7. The summed E-state index contributed by atoms with van der Waals surface area (Å²) in [5, 5.41) is 4.70. The zero-order valence-corrected chi connectivity index (χ0v) is 23.7. The number of benzene rings is 6. The summed E-state index contributed by atoms with van der Waals surface area (Å²) in [6.45, 7) is 0. The molecular weight excluding hydrogens is 571 g/mol. The van der Waals surface area contributed by atoms with E-state index < -0.39 is 12.7 Å². The van der Waals surface area contributed by atoms with E-state index in [4.69, 9.17) is 0 Å². The van der Waals surface area contributed by atoms with Crippen molar-refractivity contribution in [1.82, 2.24) is 9.13 Å². The van der Waals surface area contributed by atoms with Gasteiger partial charge in [-0.05, 0) is 0 Å². The Morgan fingerprint density at radius 1 is 0.341 bits per heavy atom. The number of para-hydroxylation sites is 4. The van der Waals surface area contributed by atoms with Crippen LogP contribution >= 0.6 is 0 Å². The number of nitrogens with zero attached hydrogens (tertiary/aromatic N) is 2. The molecule has 4 nitrogen and oxygen atoms in total. The predicted molar refractivity (Wildman–Crippen MR) is 168 cm³/mol. The van der Waals surface area contributed by atoms with E-state index in [9.17, 15) is 7.67 Å². The summed E-state index contributed by atoms with van der Waals surface area (Å²) >= 11 is -4.62. The van der Waals surface area contributed by atoms with Gasteiger partial charge in [0, 0.05) is 0 Å². The Morgan fingerprint density at radius 3 is 0.902 bits per heavy atom. The Hall–Kier alpha value is -4.96. The molecule has 0 aliphatic rings. The molecule has 0 unspecified atom stereocenters. The van der Waals surface area contributed by atoms with Crippen LogP contribution in [0.15, 0.2) is 146 Å². The van der Waals surface area contributed by atoms with Gasteiger partial charge in [0.1, 0.15) is 0 Å². The molecule has 0 N–H and O–H groups in total. The maximum absolute atomic E-state index is 13.7. The van der Waals surface area contributed by atoms with Crippen LogP contribution in [0.2, 0.25) is 0 Å². The van der Waals surface area contributed by atoms with Crippen molar-refractivity contribution in [2.45, 2.75) is 0 Å². The van der Waals surface area contributed by atoms with Crippen molar-refractivity contribution in [2.75, 3.05) is 0 Å². The average molecular weight is 596 g/mol. The van der Waals surface area contributed by atoms with E-state index in [-0.39, 0.29) is 0 Å². The van der Waals surface area contributed by atoms with Gasteiger partial charge in [-0.25, -0.2) is 0 Å². The third kappa shape index (κ3) is 3.60. The van der Waals surface area contributed by atoms with Gasteiger partial charge in [-0.2, -0.15) is 0 Å². The first kappa shape index (κ1) is 23.9. The van der Waals surface area contributed by atoms with E-state index in [2.05, 4.69) is 57.7 Å². The molecule has 0 saturated heterocycles. The summed E-state index contributed by atoms with van der Waals surface area (Å²) in [6.07, 6.45) is 0. The van der Waals surface area contributed by atoms with Crippen LogP contribution < -0.4 is 8.92 Å². The first-order valence-corrected chi connectivity index (χ1v) is 16.6. The Labute approximate surface area is 238 Å². The first-order chi connectivity index (χ1) is 20.1. The molecule has 0 aliphatic heterocycles. The minimum atomic E-state index is -4.62. The van der Waals surface area contributed by atoms with E-state index in [1.165, 1.54) is 21.5 Å². The van der Waals surface area contributed by atoms with Crippen LogP contribution in [0.25, 0.3) is 55.0 Å². The van der Waals surface area contributed by atoms with Gasteiger partial charge >= 0.3 is 239 Å². The molecule has 41 heavy (non-hydrogen) atoms. The van der Waals surface area contributed by atoms with E-state index in [1.807, 2.05) is 72.8 Å². The molecule has 0 fully saturated rings. The zero-order chi connectivity index (χ0) is 27.6. The topological polar surface area (TPSA) is 44.0 Å². The molecule has 5 heteroatoms. The second-order valence-corrected chi connectivity index (χ2v) is 14.3. The molecule has 0 bridgehead atoms. The van der Waals surface area contributed by atoms with E-state index in [1.54, 1.807) is 24.3 Å². The van der Waals surface area contributed by atoms with Crippen molar-refractivity contribution >= 4 is 65.2 Å². The molecule has 8 aromatic rings. The summed E-state index contributed by atoms with van der Waals surface area (Å²) in [6, 6.07) is 47.8. The Morgan fingerprint density at radius 2 is 0.610 bits per heavy atom. The second-order valence-electron chi connectivity index (χ2n) is 10.2. The SMILES string of the molecule is O=[Se](=O)(c1ccc(-n2c3ccccc3c3ccccc32)cc1)c1ccc(-n2c3ccccc3c3ccccc32)cc1. The summed E-state index contributed by atoms with van der Waals surface area (Å²) in [5.41, 5.74) is 6.24. The number of fused-ring (bicyclic) bond motifs is 6. The van der Waals surface area contributed by atoms with Gasteiger partial charge in [-0.15, -0.1) is 0 Å². The van der Waals surface area contributed by atoms with Gasteiger partial charge in [-0.1, -0.05) is 0 Å². The van der Waals surface area contributed by atoms with Gasteiger partial charge in [0.05, 0.1) is 0 Å². The molecule has 0 radical (unpaired) electrons. The van der Waals surface area contributed by atoms with Crippen molar-refractivity contribution in [3.05, 3.63) is 146 Å². The molecule has 6 aromatic carbocycles. The normalized spacial score (nSPS) is 12.1. The number of hydrogen-bond acceptors (Lipinski definition) is 2. The van der Waals surface area contributed by atoms with Gasteiger partial charge in [0.25, 0.3) is 0 Å². The van der Waals surface area contributed by atoms with Crippen LogP contribution in [0, 0.1) is 0 Å². The van der Waals surface area contributed by atoms with Crippen LogP contribution in [-0.2, 0) is 7.67 Å².